The highest BCUT2D eigenvalue weighted by atomic mass is 127. The molecule has 2 nitrogen and oxygen atoms in total. The highest BCUT2D eigenvalue weighted by Gasteiger charge is 2.13. The molecule has 0 aliphatic rings. The molecule has 0 aromatic heterocycles. The second-order valence-electron chi connectivity index (χ2n) is 2.73. The van der Waals surface area contributed by atoms with Crippen LogP contribution in [-0.2, 0) is 0 Å². The summed E-state index contributed by atoms with van der Waals surface area (Å²) in [6.07, 6.45) is 0. The summed E-state index contributed by atoms with van der Waals surface area (Å²) >= 11 is 8.02. The number of ether oxygens (including phenoxy) is 1. The van der Waals surface area contributed by atoms with Crippen molar-refractivity contribution in [2.24, 2.45) is 0 Å². The summed E-state index contributed by atoms with van der Waals surface area (Å²) in [5.41, 5.74) is 0.651. The maximum atomic E-state index is 11.2. The summed E-state index contributed by atoms with van der Waals surface area (Å²) in [7, 11) is 0. The molecule has 0 heterocycles. The monoisotopic (exact) mass is 324 g/mol. The van der Waals surface area contributed by atoms with Gasteiger partial charge < -0.3 is 4.74 Å². The van der Waals surface area contributed by atoms with E-state index < -0.39 is 0 Å². The zero-order valence-electron chi connectivity index (χ0n) is 7.93. The maximum Gasteiger partial charge on any atom is 0.161 e. The molecule has 0 saturated heterocycles. The molecule has 0 spiro atoms. The van der Waals surface area contributed by atoms with E-state index in [0.29, 0.717) is 22.9 Å². The molecule has 14 heavy (non-hydrogen) atoms. The van der Waals surface area contributed by atoms with Crippen LogP contribution < -0.4 is 4.74 Å². The van der Waals surface area contributed by atoms with Crippen LogP contribution in [0, 0.1) is 3.57 Å². The van der Waals surface area contributed by atoms with Crippen LogP contribution >= 0.6 is 34.2 Å². The Morgan fingerprint density at radius 1 is 1.57 bits per heavy atom. The van der Waals surface area contributed by atoms with Crippen LogP contribution in [0.25, 0.3) is 0 Å². The van der Waals surface area contributed by atoms with Crippen molar-refractivity contribution < 1.29 is 9.53 Å². The molecule has 0 bridgehead atoms. The van der Waals surface area contributed by atoms with Gasteiger partial charge in [0.15, 0.2) is 11.5 Å². The van der Waals surface area contributed by atoms with Gasteiger partial charge in [-0.2, -0.15) is 0 Å². The molecule has 0 amide bonds. The summed E-state index contributed by atoms with van der Waals surface area (Å²) in [6, 6.07) is 3.40. The molecule has 0 N–H and O–H groups in total. The summed E-state index contributed by atoms with van der Waals surface area (Å²) in [6.45, 7) is 3.95. The third kappa shape index (κ3) is 2.39. The van der Waals surface area contributed by atoms with Gasteiger partial charge in [-0.25, -0.2) is 0 Å². The van der Waals surface area contributed by atoms with Crippen molar-refractivity contribution in [2.45, 2.75) is 13.8 Å². The first-order valence-corrected chi connectivity index (χ1v) is 5.65. The van der Waals surface area contributed by atoms with E-state index in [0.717, 1.165) is 3.57 Å². The van der Waals surface area contributed by atoms with Crippen LogP contribution in [0.3, 0.4) is 0 Å². The summed E-state index contributed by atoms with van der Waals surface area (Å²) in [4.78, 5) is 11.2. The van der Waals surface area contributed by atoms with E-state index in [9.17, 15) is 4.79 Å². The highest BCUT2D eigenvalue weighted by molar-refractivity contribution is 14.1. The molecule has 0 fully saturated rings. The topological polar surface area (TPSA) is 26.3 Å². The number of halogens is 2. The first kappa shape index (κ1) is 11.8. The van der Waals surface area contributed by atoms with Gasteiger partial charge in [0.1, 0.15) is 0 Å². The largest absolute Gasteiger partial charge is 0.491 e. The highest BCUT2D eigenvalue weighted by Crippen LogP contribution is 2.32. The minimum Gasteiger partial charge on any atom is -0.491 e. The minimum atomic E-state index is 0.0204. The number of hydrogen-bond acceptors (Lipinski definition) is 2. The van der Waals surface area contributed by atoms with Crippen molar-refractivity contribution in [1.29, 1.82) is 0 Å². The van der Waals surface area contributed by atoms with Crippen molar-refractivity contribution in [1.82, 2.24) is 0 Å². The van der Waals surface area contributed by atoms with Crippen molar-refractivity contribution in [3.05, 3.63) is 26.3 Å². The van der Waals surface area contributed by atoms with E-state index in [1.165, 1.54) is 6.92 Å². The van der Waals surface area contributed by atoms with Crippen molar-refractivity contribution >= 4 is 40.0 Å². The van der Waals surface area contributed by atoms with E-state index in [4.69, 9.17) is 16.3 Å². The average Bonchev–Trinajstić information content (AvgIpc) is 2.11. The van der Waals surface area contributed by atoms with Crippen LogP contribution in [0.1, 0.15) is 24.2 Å². The Kier molecular flexibility index (Phi) is 4.19. The molecule has 76 valence electrons. The molecule has 1 aromatic rings. The fraction of sp³-hybridized carbons (Fsp3) is 0.300. The van der Waals surface area contributed by atoms with Crippen LogP contribution in [0.4, 0.5) is 0 Å². The minimum absolute atomic E-state index is 0.0204. The first-order valence-electron chi connectivity index (χ1n) is 4.19. The number of Topliss-reactive ketones (excluding diaryl/α,β-unsaturated/α-hetero) is 1. The summed E-state index contributed by atoms with van der Waals surface area (Å²) in [5.74, 6) is 0.620. The number of hydrogen-bond donors (Lipinski definition) is 0. The van der Waals surface area contributed by atoms with Gasteiger partial charge in [0.05, 0.1) is 15.2 Å². The van der Waals surface area contributed by atoms with Gasteiger partial charge in [-0.3, -0.25) is 4.79 Å². The van der Waals surface area contributed by atoms with Gasteiger partial charge >= 0.3 is 0 Å². The Labute approximate surface area is 102 Å². The molecule has 0 atom stereocenters. The quantitative estimate of drug-likeness (QED) is 0.628. The maximum absolute atomic E-state index is 11.2. The lowest BCUT2D eigenvalue weighted by Gasteiger charge is -2.10. The molecule has 0 saturated carbocycles. The molecular formula is C10H10ClIO2. The van der Waals surface area contributed by atoms with E-state index in [2.05, 4.69) is 22.6 Å². The standard InChI is InChI=1S/C10H10ClIO2/c1-3-14-10-8(11)5-4-7(6(2)13)9(10)12/h4-5H,3H2,1-2H3. The second-order valence-corrected chi connectivity index (χ2v) is 4.21. The Balaban J connectivity index is 3.26. The zero-order chi connectivity index (χ0) is 10.7. The summed E-state index contributed by atoms with van der Waals surface area (Å²) in [5, 5.41) is 0.543. The van der Waals surface area contributed by atoms with E-state index in [1.54, 1.807) is 12.1 Å². The van der Waals surface area contributed by atoms with Gasteiger partial charge in [-0.15, -0.1) is 0 Å². The Morgan fingerprint density at radius 2 is 2.21 bits per heavy atom. The van der Waals surface area contributed by atoms with E-state index in [1.807, 2.05) is 6.92 Å². The molecule has 0 radical (unpaired) electrons. The normalized spacial score (nSPS) is 10.0. The Hall–Kier alpha value is -0.290. The lowest BCUT2D eigenvalue weighted by atomic mass is 10.1. The molecule has 1 aromatic carbocycles. The van der Waals surface area contributed by atoms with Gasteiger partial charge in [0, 0.05) is 5.56 Å². The van der Waals surface area contributed by atoms with Crippen LogP contribution in [0.2, 0.25) is 5.02 Å². The molecule has 4 heteroatoms. The summed E-state index contributed by atoms with van der Waals surface area (Å²) < 4.78 is 6.15. The first-order chi connectivity index (χ1) is 6.57. The van der Waals surface area contributed by atoms with Gasteiger partial charge in [0.25, 0.3) is 0 Å². The Bertz CT molecular complexity index is 363. The Morgan fingerprint density at radius 3 is 2.71 bits per heavy atom. The lowest BCUT2D eigenvalue weighted by molar-refractivity contribution is 0.101. The van der Waals surface area contributed by atoms with E-state index in [-0.39, 0.29) is 5.78 Å². The molecule has 0 aliphatic carbocycles. The third-order valence-electron chi connectivity index (χ3n) is 1.72. The fourth-order valence-electron chi connectivity index (χ4n) is 1.08. The van der Waals surface area contributed by atoms with Crippen molar-refractivity contribution in [3.63, 3.8) is 0 Å². The van der Waals surface area contributed by atoms with Gasteiger partial charge in [0.2, 0.25) is 0 Å². The lowest BCUT2D eigenvalue weighted by Crippen LogP contribution is -2.01. The number of benzene rings is 1. The van der Waals surface area contributed by atoms with Crippen molar-refractivity contribution in [2.75, 3.05) is 6.61 Å². The third-order valence-corrected chi connectivity index (χ3v) is 3.09. The second kappa shape index (κ2) is 4.98. The van der Waals surface area contributed by atoms with Crippen LogP contribution in [0.5, 0.6) is 5.75 Å². The number of rotatable bonds is 3. The van der Waals surface area contributed by atoms with Crippen LogP contribution in [0.15, 0.2) is 12.1 Å². The molecular weight excluding hydrogens is 314 g/mol. The smallest absolute Gasteiger partial charge is 0.161 e. The number of carbonyl (C=O) groups excluding carboxylic acids is 1. The average molecular weight is 325 g/mol. The number of carbonyl (C=O) groups is 1. The fourth-order valence-corrected chi connectivity index (χ4v) is 2.46. The SMILES string of the molecule is CCOc1c(Cl)ccc(C(C)=O)c1I. The van der Waals surface area contributed by atoms with Gasteiger partial charge in [-0.05, 0) is 48.6 Å². The van der Waals surface area contributed by atoms with E-state index >= 15 is 0 Å². The zero-order valence-corrected chi connectivity index (χ0v) is 10.8. The molecule has 0 aliphatic heterocycles. The molecule has 0 unspecified atom stereocenters. The predicted octanol–water partition coefficient (Wildman–Crippen LogP) is 3.55. The van der Waals surface area contributed by atoms with Crippen molar-refractivity contribution in [3.8, 4) is 5.75 Å². The molecule has 1 rings (SSSR count). The van der Waals surface area contributed by atoms with Crippen LogP contribution in [-0.4, -0.2) is 12.4 Å². The predicted molar refractivity (Wildman–Crippen MR) is 65.3 cm³/mol. The number of ketones is 1. The van der Waals surface area contributed by atoms with Gasteiger partial charge in [-0.1, -0.05) is 11.6 Å².